The molecule has 0 aliphatic heterocycles. The van der Waals surface area contributed by atoms with Gasteiger partial charge in [-0.25, -0.2) is 4.98 Å². The summed E-state index contributed by atoms with van der Waals surface area (Å²) in [6.45, 7) is 2.09. The van der Waals surface area contributed by atoms with Crippen molar-refractivity contribution in [3.63, 3.8) is 0 Å². The molecular weight excluding hydrogens is 256 g/mol. The third-order valence-corrected chi connectivity index (χ3v) is 3.83. The van der Waals surface area contributed by atoms with Crippen molar-refractivity contribution < 1.29 is 4.74 Å². The lowest BCUT2D eigenvalue weighted by molar-refractivity contribution is 0.417. The zero-order valence-electron chi connectivity index (χ0n) is 10.8. The Balaban J connectivity index is 1.96. The van der Waals surface area contributed by atoms with E-state index in [-0.39, 0.29) is 0 Å². The number of para-hydroxylation sites is 2. The standard InChI is InChI=1S/C15H14N2OS/c1-10-7-8-12-14(9-10)19-15(17-12)16-11-5-3-4-6-13(11)18-2/h3-9H,1-2H3,(H,16,17). The fourth-order valence-electron chi connectivity index (χ4n) is 1.95. The number of nitrogens with zero attached hydrogens (tertiary/aromatic N) is 1. The summed E-state index contributed by atoms with van der Waals surface area (Å²) in [4.78, 5) is 4.58. The minimum Gasteiger partial charge on any atom is -0.495 e. The van der Waals surface area contributed by atoms with Gasteiger partial charge in [0.05, 0.1) is 23.0 Å². The lowest BCUT2D eigenvalue weighted by atomic mass is 10.2. The predicted molar refractivity (Wildman–Crippen MR) is 80.6 cm³/mol. The molecule has 1 aromatic heterocycles. The van der Waals surface area contributed by atoms with E-state index in [1.54, 1.807) is 18.4 Å². The van der Waals surface area contributed by atoms with Crippen LogP contribution in [0.5, 0.6) is 5.75 Å². The molecule has 1 heterocycles. The Hall–Kier alpha value is -2.07. The monoisotopic (exact) mass is 270 g/mol. The molecule has 2 aromatic carbocycles. The van der Waals surface area contributed by atoms with Crippen LogP contribution in [0.1, 0.15) is 5.56 Å². The van der Waals surface area contributed by atoms with Gasteiger partial charge in [0.25, 0.3) is 0 Å². The van der Waals surface area contributed by atoms with E-state index in [2.05, 4.69) is 35.4 Å². The first kappa shape index (κ1) is 12.0. The van der Waals surface area contributed by atoms with Gasteiger partial charge in [-0.2, -0.15) is 0 Å². The predicted octanol–water partition coefficient (Wildman–Crippen LogP) is 4.36. The Kier molecular flexibility index (Phi) is 3.09. The summed E-state index contributed by atoms with van der Waals surface area (Å²) in [6, 6.07) is 14.1. The van der Waals surface area contributed by atoms with Crippen LogP contribution in [-0.2, 0) is 0 Å². The summed E-state index contributed by atoms with van der Waals surface area (Å²) in [5.74, 6) is 0.818. The first-order valence-corrected chi connectivity index (χ1v) is 6.85. The maximum Gasteiger partial charge on any atom is 0.188 e. The second-order valence-electron chi connectivity index (χ2n) is 4.32. The minimum atomic E-state index is 0.818. The van der Waals surface area contributed by atoms with Gasteiger partial charge >= 0.3 is 0 Å². The Labute approximate surface area is 115 Å². The maximum atomic E-state index is 5.33. The SMILES string of the molecule is COc1ccccc1Nc1nc2ccc(C)cc2s1. The fraction of sp³-hybridized carbons (Fsp3) is 0.133. The van der Waals surface area contributed by atoms with E-state index >= 15 is 0 Å². The molecule has 0 atom stereocenters. The highest BCUT2D eigenvalue weighted by atomic mass is 32.1. The number of methoxy groups -OCH3 is 1. The van der Waals surface area contributed by atoms with Gasteiger partial charge in [0, 0.05) is 0 Å². The molecule has 0 aliphatic rings. The number of anilines is 2. The zero-order valence-corrected chi connectivity index (χ0v) is 11.6. The van der Waals surface area contributed by atoms with Crippen molar-refractivity contribution in [1.29, 1.82) is 0 Å². The van der Waals surface area contributed by atoms with Crippen molar-refractivity contribution in [2.24, 2.45) is 0 Å². The van der Waals surface area contributed by atoms with Crippen LogP contribution >= 0.6 is 11.3 Å². The molecule has 0 fully saturated rings. The number of fused-ring (bicyclic) bond motifs is 1. The van der Waals surface area contributed by atoms with Crippen LogP contribution in [0.15, 0.2) is 42.5 Å². The third kappa shape index (κ3) is 2.39. The van der Waals surface area contributed by atoms with Gasteiger partial charge in [0.15, 0.2) is 5.13 Å². The van der Waals surface area contributed by atoms with Crippen molar-refractivity contribution in [2.45, 2.75) is 6.92 Å². The molecule has 96 valence electrons. The quantitative estimate of drug-likeness (QED) is 0.768. The Morgan fingerprint density at radius 1 is 1.16 bits per heavy atom. The van der Waals surface area contributed by atoms with Gasteiger partial charge in [-0.15, -0.1) is 0 Å². The molecule has 0 amide bonds. The fourth-order valence-corrected chi connectivity index (χ4v) is 2.92. The summed E-state index contributed by atoms with van der Waals surface area (Å²) < 4.78 is 6.52. The smallest absolute Gasteiger partial charge is 0.188 e. The van der Waals surface area contributed by atoms with Crippen LogP contribution < -0.4 is 10.1 Å². The van der Waals surface area contributed by atoms with Gasteiger partial charge in [-0.1, -0.05) is 29.5 Å². The average molecular weight is 270 g/mol. The van der Waals surface area contributed by atoms with Gasteiger partial charge in [0.2, 0.25) is 0 Å². The molecule has 0 saturated carbocycles. The maximum absolute atomic E-state index is 5.33. The van der Waals surface area contributed by atoms with Crippen LogP contribution in [-0.4, -0.2) is 12.1 Å². The topological polar surface area (TPSA) is 34.1 Å². The van der Waals surface area contributed by atoms with Gasteiger partial charge in [-0.3, -0.25) is 0 Å². The second-order valence-corrected chi connectivity index (χ2v) is 5.35. The number of rotatable bonds is 3. The van der Waals surface area contributed by atoms with E-state index in [4.69, 9.17) is 4.74 Å². The normalized spacial score (nSPS) is 10.6. The zero-order chi connectivity index (χ0) is 13.2. The van der Waals surface area contributed by atoms with Gasteiger partial charge < -0.3 is 10.1 Å². The molecule has 0 aliphatic carbocycles. The van der Waals surface area contributed by atoms with Crippen molar-refractivity contribution in [1.82, 2.24) is 4.98 Å². The molecule has 3 nitrogen and oxygen atoms in total. The van der Waals surface area contributed by atoms with Gasteiger partial charge in [-0.05, 0) is 36.8 Å². The molecule has 19 heavy (non-hydrogen) atoms. The molecular formula is C15H14N2OS. The minimum absolute atomic E-state index is 0.818. The molecule has 0 unspecified atom stereocenters. The van der Waals surface area contributed by atoms with Crippen LogP contribution in [0, 0.1) is 6.92 Å². The second kappa shape index (κ2) is 4.90. The van der Waals surface area contributed by atoms with Crippen LogP contribution in [0.25, 0.3) is 10.2 Å². The number of aromatic nitrogens is 1. The Bertz CT molecular complexity index is 721. The molecule has 3 rings (SSSR count). The number of benzene rings is 2. The Morgan fingerprint density at radius 2 is 2.00 bits per heavy atom. The summed E-state index contributed by atoms with van der Waals surface area (Å²) in [5.41, 5.74) is 3.20. The summed E-state index contributed by atoms with van der Waals surface area (Å²) >= 11 is 1.65. The number of nitrogens with one attached hydrogen (secondary N) is 1. The van der Waals surface area contributed by atoms with E-state index in [1.807, 2.05) is 24.3 Å². The highest BCUT2D eigenvalue weighted by molar-refractivity contribution is 7.22. The van der Waals surface area contributed by atoms with Crippen molar-refractivity contribution in [2.75, 3.05) is 12.4 Å². The number of hydrogen-bond acceptors (Lipinski definition) is 4. The lowest BCUT2D eigenvalue weighted by Crippen LogP contribution is -1.93. The van der Waals surface area contributed by atoms with E-state index in [0.717, 1.165) is 22.1 Å². The molecule has 0 spiro atoms. The van der Waals surface area contributed by atoms with Crippen molar-refractivity contribution in [3.05, 3.63) is 48.0 Å². The highest BCUT2D eigenvalue weighted by Gasteiger charge is 2.07. The molecule has 3 aromatic rings. The van der Waals surface area contributed by atoms with E-state index in [1.165, 1.54) is 10.3 Å². The van der Waals surface area contributed by atoms with Crippen molar-refractivity contribution in [3.8, 4) is 5.75 Å². The first-order chi connectivity index (χ1) is 9.26. The Morgan fingerprint density at radius 3 is 2.84 bits per heavy atom. The number of ether oxygens (including phenoxy) is 1. The van der Waals surface area contributed by atoms with Crippen LogP contribution in [0.3, 0.4) is 0 Å². The van der Waals surface area contributed by atoms with E-state index in [0.29, 0.717) is 0 Å². The molecule has 0 saturated heterocycles. The number of thiazole rings is 1. The van der Waals surface area contributed by atoms with Crippen molar-refractivity contribution >= 4 is 32.4 Å². The average Bonchev–Trinajstić information content (AvgIpc) is 2.80. The lowest BCUT2D eigenvalue weighted by Gasteiger charge is -2.07. The molecule has 0 radical (unpaired) electrons. The first-order valence-electron chi connectivity index (χ1n) is 6.03. The molecule has 0 bridgehead atoms. The summed E-state index contributed by atoms with van der Waals surface area (Å²) in [6.07, 6.45) is 0. The third-order valence-electron chi connectivity index (χ3n) is 2.89. The summed E-state index contributed by atoms with van der Waals surface area (Å²) in [7, 11) is 1.67. The molecule has 1 N–H and O–H groups in total. The number of aryl methyl sites for hydroxylation is 1. The highest BCUT2D eigenvalue weighted by Crippen LogP contribution is 2.32. The van der Waals surface area contributed by atoms with E-state index in [9.17, 15) is 0 Å². The van der Waals surface area contributed by atoms with E-state index < -0.39 is 0 Å². The largest absolute Gasteiger partial charge is 0.495 e. The van der Waals surface area contributed by atoms with Gasteiger partial charge in [0.1, 0.15) is 5.75 Å². The van der Waals surface area contributed by atoms with Crippen LogP contribution in [0.4, 0.5) is 10.8 Å². The number of hydrogen-bond donors (Lipinski definition) is 1. The molecule has 4 heteroatoms. The summed E-state index contributed by atoms with van der Waals surface area (Å²) in [5, 5.41) is 4.19. The van der Waals surface area contributed by atoms with Crippen LogP contribution in [0.2, 0.25) is 0 Å².